The van der Waals surface area contributed by atoms with Crippen LogP contribution in [0.15, 0.2) is 36.4 Å². The second-order valence-electron chi connectivity index (χ2n) is 5.72. The van der Waals surface area contributed by atoms with Crippen LogP contribution in [0.3, 0.4) is 0 Å². The van der Waals surface area contributed by atoms with E-state index in [0.717, 1.165) is 22.4 Å². The molecule has 1 atom stereocenters. The van der Waals surface area contributed by atoms with Gasteiger partial charge in [0.1, 0.15) is 11.5 Å². The van der Waals surface area contributed by atoms with E-state index in [-0.39, 0.29) is 5.91 Å². The molecule has 1 unspecified atom stereocenters. The summed E-state index contributed by atoms with van der Waals surface area (Å²) in [6, 6.07) is 11.6. The first-order chi connectivity index (χ1) is 10.9. The molecule has 4 heteroatoms. The van der Waals surface area contributed by atoms with E-state index in [2.05, 4.69) is 5.32 Å². The zero-order valence-corrected chi connectivity index (χ0v) is 14.3. The van der Waals surface area contributed by atoms with Gasteiger partial charge in [-0.2, -0.15) is 0 Å². The van der Waals surface area contributed by atoms with Crippen molar-refractivity contribution in [2.75, 3.05) is 12.4 Å². The fourth-order valence-electron chi connectivity index (χ4n) is 2.23. The van der Waals surface area contributed by atoms with Crippen molar-refractivity contribution >= 4 is 11.6 Å². The summed E-state index contributed by atoms with van der Waals surface area (Å²) in [4.78, 5) is 12.4. The van der Waals surface area contributed by atoms with Gasteiger partial charge in [0.25, 0.3) is 5.91 Å². The molecule has 1 N–H and O–H groups in total. The predicted molar refractivity (Wildman–Crippen MR) is 92.4 cm³/mol. The second kappa shape index (κ2) is 7.18. The zero-order valence-electron chi connectivity index (χ0n) is 14.3. The van der Waals surface area contributed by atoms with Crippen LogP contribution in [0.1, 0.15) is 23.6 Å². The third kappa shape index (κ3) is 4.25. The molecule has 0 aliphatic rings. The molecule has 1 amide bonds. The van der Waals surface area contributed by atoms with Gasteiger partial charge in [0, 0.05) is 0 Å². The van der Waals surface area contributed by atoms with E-state index < -0.39 is 6.10 Å². The molecule has 2 aromatic carbocycles. The maximum Gasteiger partial charge on any atom is 0.265 e. The molecule has 2 rings (SSSR count). The number of hydrogen-bond acceptors (Lipinski definition) is 3. The highest BCUT2D eigenvalue weighted by Crippen LogP contribution is 2.26. The number of carbonyl (C=O) groups excluding carboxylic acids is 1. The summed E-state index contributed by atoms with van der Waals surface area (Å²) >= 11 is 0. The van der Waals surface area contributed by atoms with Crippen LogP contribution in [0.2, 0.25) is 0 Å². The molecule has 0 aliphatic heterocycles. The Labute approximate surface area is 137 Å². The lowest BCUT2D eigenvalue weighted by Gasteiger charge is -2.18. The molecule has 23 heavy (non-hydrogen) atoms. The third-order valence-corrected chi connectivity index (χ3v) is 3.63. The molecular weight excluding hydrogens is 290 g/mol. The molecular formula is C19H23NO3. The normalized spacial score (nSPS) is 11.7. The van der Waals surface area contributed by atoms with E-state index in [1.807, 2.05) is 57.2 Å². The van der Waals surface area contributed by atoms with Gasteiger partial charge in [-0.1, -0.05) is 18.2 Å². The lowest BCUT2D eigenvalue weighted by atomic mass is 10.1. The number of aryl methyl sites for hydroxylation is 3. The Morgan fingerprint density at radius 1 is 1.00 bits per heavy atom. The molecule has 0 radical (unpaired) electrons. The Hall–Kier alpha value is -2.49. The van der Waals surface area contributed by atoms with Crippen molar-refractivity contribution in [1.29, 1.82) is 0 Å². The van der Waals surface area contributed by atoms with Crippen molar-refractivity contribution < 1.29 is 14.3 Å². The minimum Gasteiger partial charge on any atom is -0.495 e. The van der Waals surface area contributed by atoms with Crippen LogP contribution in [0.4, 0.5) is 5.69 Å². The topological polar surface area (TPSA) is 47.6 Å². The number of anilines is 1. The average molecular weight is 313 g/mol. The van der Waals surface area contributed by atoms with Gasteiger partial charge in [0.2, 0.25) is 0 Å². The summed E-state index contributed by atoms with van der Waals surface area (Å²) in [5.74, 6) is 1.14. The summed E-state index contributed by atoms with van der Waals surface area (Å²) in [6.07, 6.45) is -0.610. The predicted octanol–water partition coefficient (Wildman–Crippen LogP) is 4.03. The largest absolute Gasteiger partial charge is 0.495 e. The van der Waals surface area contributed by atoms with Crippen molar-refractivity contribution in [2.45, 2.75) is 33.8 Å². The van der Waals surface area contributed by atoms with Gasteiger partial charge in [0.15, 0.2) is 6.10 Å². The fourth-order valence-corrected chi connectivity index (χ4v) is 2.23. The number of nitrogens with one attached hydrogen (secondary N) is 1. The van der Waals surface area contributed by atoms with Gasteiger partial charge in [-0.15, -0.1) is 0 Å². The van der Waals surface area contributed by atoms with Crippen molar-refractivity contribution in [3.8, 4) is 11.5 Å². The molecule has 0 aromatic heterocycles. The highest BCUT2D eigenvalue weighted by Gasteiger charge is 2.17. The standard InChI is InChI=1S/C19H23NO3/c1-12-7-9-17(22-5)16(10-12)20-19(21)15(4)23-18-11-13(2)6-8-14(18)3/h6-11,15H,1-5H3,(H,20,21). The number of carbonyl (C=O) groups is 1. The Bertz CT molecular complexity index is 710. The number of rotatable bonds is 5. The van der Waals surface area contributed by atoms with Crippen LogP contribution in [0, 0.1) is 20.8 Å². The van der Waals surface area contributed by atoms with Gasteiger partial charge in [-0.3, -0.25) is 4.79 Å². The van der Waals surface area contributed by atoms with E-state index in [0.29, 0.717) is 11.4 Å². The second-order valence-corrected chi connectivity index (χ2v) is 5.72. The first-order valence-electron chi connectivity index (χ1n) is 7.60. The first kappa shape index (κ1) is 16.9. The molecule has 0 fully saturated rings. The van der Waals surface area contributed by atoms with Crippen molar-refractivity contribution in [3.05, 3.63) is 53.1 Å². The van der Waals surface area contributed by atoms with E-state index in [1.54, 1.807) is 14.0 Å². The zero-order chi connectivity index (χ0) is 17.0. The third-order valence-electron chi connectivity index (χ3n) is 3.63. The fraction of sp³-hybridized carbons (Fsp3) is 0.316. The van der Waals surface area contributed by atoms with Crippen molar-refractivity contribution in [3.63, 3.8) is 0 Å². The summed E-state index contributed by atoms with van der Waals surface area (Å²) in [5.41, 5.74) is 3.79. The minimum absolute atomic E-state index is 0.213. The van der Waals surface area contributed by atoms with Crippen LogP contribution in [-0.4, -0.2) is 19.1 Å². The first-order valence-corrected chi connectivity index (χ1v) is 7.60. The Kier molecular flexibility index (Phi) is 5.27. The Morgan fingerprint density at radius 2 is 1.65 bits per heavy atom. The Balaban J connectivity index is 2.11. The molecule has 0 bridgehead atoms. The van der Waals surface area contributed by atoms with Gasteiger partial charge < -0.3 is 14.8 Å². The molecule has 4 nitrogen and oxygen atoms in total. The van der Waals surface area contributed by atoms with Gasteiger partial charge in [0.05, 0.1) is 12.8 Å². The van der Waals surface area contributed by atoms with Gasteiger partial charge in [-0.25, -0.2) is 0 Å². The lowest BCUT2D eigenvalue weighted by molar-refractivity contribution is -0.122. The van der Waals surface area contributed by atoms with E-state index >= 15 is 0 Å². The van der Waals surface area contributed by atoms with Crippen LogP contribution >= 0.6 is 0 Å². The minimum atomic E-state index is -0.610. The van der Waals surface area contributed by atoms with E-state index in [4.69, 9.17) is 9.47 Å². The van der Waals surface area contributed by atoms with Crippen LogP contribution in [0.5, 0.6) is 11.5 Å². The van der Waals surface area contributed by atoms with E-state index in [1.165, 1.54) is 0 Å². The smallest absolute Gasteiger partial charge is 0.265 e. The quantitative estimate of drug-likeness (QED) is 0.906. The number of amides is 1. The molecule has 0 saturated carbocycles. The van der Waals surface area contributed by atoms with Crippen LogP contribution < -0.4 is 14.8 Å². The molecule has 0 spiro atoms. The highest BCUT2D eigenvalue weighted by atomic mass is 16.5. The van der Waals surface area contributed by atoms with Crippen LogP contribution in [-0.2, 0) is 4.79 Å². The van der Waals surface area contributed by atoms with Gasteiger partial charge >= 0.3 is 0 Å². The van der Waals surface area contributed by atoms with Crippen LogP contribution in [0.25, 0.3) is 0 Å². The summed E-state index contributed by atoms with van der Waals surface area (Å²) in [5, 5.41) is 2.87. The number of hydrogen-bond donors (Lipinski definition) is 1. The lowest BCUT2D eigenvalue weighted by Crippen LogP contribution is -2.30. The van der Waals surface area contributed by atoms with Gasteiger partial charge in [-0.05, 0) is 62.6 Å². The molecule has 0 heterocycles. The van der Waals surface area contributed by atoms with Crippen molar-refractivity contribution in [2.24, 2.45) is 0 Å². The number of ether oxygens (including phenoxy) is 2. The maximum absolute atomic E-state index is 12.4. The monoisotopic (exact) mass is 313 g/mol. The Morgan fingerprint density at radius 3 is 2.35 bits per heavy atom. The number of methoxy groups -OCH3 is 1. The maximum atomic E-state index is 12.4. The summed E-state index contributed by atoms with van der Waals surface area (Å²) in [6.45, 7) is 7.65. The number of benzene rings is 2. The summed E-state index contributed by atoms with van der Waals surface area (Å²) < 4.78 is 11.1. The average Bonchev–Trinajstić information content (AvgIpc) is 2.51. The molecule has 2 aromatic rings. The highest BCUT2D eigenvalue weighted by molar-refractivity contribution is 5.95. The van der Waals surface area contributed by atoms with E-state index in [9.17, 15) is 4.79 Å². The van der Waals surface area contributed by atoms with Crippen molar-refractivity contribution in [1.82, 2.24) is 0 Å². The molecule has 0 saturated heterocycles. The molecule has 0 aliphatic carbocycles. The molecule has 122 valence electrons. The SMILES string of the molecule is COc1ccc(C)cc1NC(=O)C(C)Oc1cc(C)ccc1C. The summed E-state index contributed by atoms with van der Waals surface area (Å²) in [7, 11) is 1.58.